The van der Waals surface area contributed by atoms with Crippen LogP contribution in [0.5, 0.6) is 0 Å². The number of carbonyl (C=O) groups excluding carboxylic acids is 1. The maximum atomic E-state index is 12.2. The zero-order valence-corrected chi connectivity index (χ0v) is 16.2. The average Bonchev–Trinajstić information content (AvgIpc) is 3.16. The Hall–Kier alpha value is -2.38. The SMILES string of the molecule is NCCC(Nc1ccc(CC(NC(=O)C2CCCN2)C(=O)O)cc1)=C1CCC1. The van der Waals surface area contributed by atoms with E-state index in [1.54, 1.807) is 0 Å². The predicted molar refractivity (Wildman–Crippen MR) is 109 cm³/mol. The number of carbonyl (C=O) groups is 2. The van der Waals surface area contributed by atoms with Gasteiger partial charge in [-0.2, -0.15) is 0 Å². The lowest BCUT2D eigenvalue weighted by Gasteiger charge is -2.23. The number of allylic oxidation sites excluding steroid dienone is 1. The quantitative estimate of drug-likeness (QED) is 0.441. The normalized spacial score (nSPS) is 19.6. The van der Waals surface area contributed by atoms with E-state index in [9.17, 15) is 14.7 Å². The molecule has 1 saturated heterocycles. The Kier molecular flexibility index (Phi) is 7.06. The lowest BCUT2D eigenvalue weighted by molar-refractivity contribution is -0.142. The van der Waals surface area contributed by atoms with Crippen molar-refractivity contribution in [3.05, 3.63) is 41.1 Å². The van der Waals surface area contributed by atoms with Gasteiger partial charge in [0.05, 0.1) is 6.04 Å². The van der Waals surface area contributed by atoms with E-state index in [2.05, 4.69) is 16.0 Å². The van der Waals surface area contributed by atoms with Crippen molar-refractivity contribution in [1.29, 1.82) is 0 Å². The molecule has 7 nitrogen and oxygen atoms in total. The summed E-state index contributed by atoms with van der Waals surface area (Å²) in [4.78, 5) is 23.8. The van der Waals surface area contributed by atoms with Gasteiger partial charge in [0.25, 0.3) is 0 Å². The number of nitrogens with one attached hydrogen (secondary N) is 3. The molecule has 0 radical (unpaired) electrons. The summed E-state index contributed by atoms with van der Waals surface area (Å²) in [5, 5.41) is 18.7. The van der Waals surface area contributed by atoms with E-state index in [-0.39, 0.29) is 18.4 Å². The number of carboxylic acid groups (broad SMARTS) is 1. The van der Waals surface area contributed by atoms with Crippen LogP contribution in [0.4, 0.5) is 5.69 Å². The molecule has 1 saturated carbocycles. The second-order valence-corrected chi connectivity index (χ2v) is 7.55. The maximum absolute atomic E-state index is 12.2. The third kappa shape index (κ3) is 5.33. The number of carboxylic acids is 1. The van der Waals surface area contributed by atoms with Crippen LogP contribution in [0.25, 0.3) is 0 Å². The number of nitrogens with two attached hydrogens (primary N) is 1. The summed E-state index contributed by atoms with van der Waals surface area (Å²) < 4.78 is 0. The Labute approximate surface area is 165 Å². The third-order valence-electron chi connectivity index (χ3n) is 5.46. The first kappa shape index (κ1) is 20.4. The van der Waals surface area contributed by atoms with Gasteiger partial charge in [-0.1, -0.05) is 17.7 Å². The molecule has 2 unspecified atom stereocenters. The summed E-state index contributed by atoms with van der Waals surface area (Å²) in [7, 11) is 0. The zero-order valence-electron chi connectivity index (χ0n) is 16.2. The molecule has 0 bridgehead atoms. The molecular formula is C21H30N4O3. The van der Waals surface area contributed by atoms with Gasteiger partial charge in [-0.25, -0.2) is 4.79 Å². The van der Waals surface area contributed by atoms with Crippen molar-refractivity contribution in [3.8, 4) is 0 Å². The van der Waals surface area contributed by atoms with Crippen LogP contribution in [0.15, 0.2) is 35.5 Å². The Morgan fingerprint density at radius 3 is 2.50 bits per heavy atom. The summed E-state index contributed by atoms with van der Waals surface area (Å²) in [5.74, 6) is -1.25. The summed E-state index contributed by atoms with van der Waals surface area (Å²) in [6, 6.07) is 6.50. The molecule has 3 rings (SSSR count). The molecule has 6 N–H and O–H groups in total. The standard InChI is InChI=1S/C21H30N4O3/c22-11-10-17(15-3-1-4-15)24-16-8-6-14(7-9-16)13-19(21(27)28)25-20(26)18-5-2-12-23-18/h6-9,18-19,23-24H,1-5,10-13,22H2,(H,25,26)(H,27,28). The highest BCUT2D eigenvalue weighted by Gasteiger charge is 2.27. The van der Waals surface area contributed by atoms with Gasteiger partial charge in [-0.3, -0.25) is 4.79 Å². The van der Waals surface area contributed by atoms with Crippen LogP contribution in [0.3, 0.4) is 0 Å². The van der Waals surface area contributed by atoms with E-state index in [1.807, 2.05) is 24.3 Å². The van der Waals surface area contributed by atoms with Crippen LogP contribution in [-0.4, -0.2) is 42.2 Å². The molecule has 1 aliphatic carbocycles. The molecule has 1 aliphatic heterocycles. The molecule has 0 aromatic heterocycles. The van der Waals surface area contributed by atoms with Crippen molar-refractivity contribution in [2.24, 2.45) is 5.73 Å². The van der Waals surface area contributed by atoms with E-state index in [0.717, 1.165) is 49.9 Å². The zero-order chi connectivity index (χ0) is 19.9. The highest BCUT2D eigenvalue weighted by atomic mass is 16.4. The van der Waals surface area contributed by atoms with E-state index >= 15 is 0 Å². The number of benzene rings is 1. The van der Waals surface area contributed by atoms with Crippen LogP contribution in [0.2, 0.25) is 0 Å². The third-order valence-corrected chi connectivity index (χ3v) is 5.46. The number of rotatable bonds is 9. The van der Waals surface area contributed by atoms with Crippen LogP contribution < -0.4 is 21.7 Å². The number of anilines is 1. The summed E-state index contributed by atoms with van der Waals surface area (Å²) in [6.07, 6.45) is 6.28. The fourth-order valence-corrected chi connectivity index (χ4v) is 3.64. The van der Waals surface area contributed by atoms with Crippen molar-refractivity contribution in [1.82, 2.24) is 10.6 Å². The summed E-state index contributed by atoms with van der Waals surface area (Å²) >= 11 is 0. The molecule has 2 atom stereocenters. The average molecular weight is 386 g/mol. The Morgan fingerprint density at radius 1 is 1.21 bits per heavy atom. The van der Waals surface area contributed by atoms with Crippen molar-refractivity contribution >= 4 is 17.6 Å². The van der Waals surface area contributed by atoms with E-state index in [1.165, 1.54) is 17.7 Å². The monoisotopic (exact) mass is 386 g/mol. The number of hydrogen-bond donors (Lipinski definition) is 5. The fraction of sp³-hybridized carbons (Fsp3) is 0.524. The molecule has 28 heavy (non-hydrogen) atoms. The van der Waals surface area contributed by atoms with Crippen LogP contribution in [-0.2, 0) is 16.0 Å². The predicted octanol–water partition coefficient (Wildman–Crippen LogP) is 1.75. The van der Waals surface area contributed by atoms with Crippen molar-refractivity contribution in [2.75, 3.05) is 18.4 Å². The molecule has 2 aliphatic rings. The van der Waals surface area contributed by atoms with E-state index in [4.69, 9.17) is 5.73 Å². The largest absolute Gasteiger partial charge is 0.480 e. The minimum absolute atomic E-state index is 0.235. The second kappa shape index (κ2) is 9.71. The van der Waals surface area contributed by atoms with Gasteiger partial charge >= 0.3 is 5.97 Å². The van der Waals surface area contributed by atoms with Gasteiger partial charge in [0.15, 0.2) is 0 Å². The van der Waals surface area contributed by atoms with E-state index < -0.39 is 12.0 Å². The van der Waals surface area contributed by atoms with Crippen LogP contribution in [0, 0.1) is 0 Å². The van der Waals surface area contributed by atoms with E-state index in [0.29, 0.717) is 6.54 Å². The Morgan fingerprint density at radius 2 is 1.96 bits per heavy atom. The van der Waals surface area contributed by atoms with Gasteiger partial charge in [0, 0.05) is 17.8 Å². The highest BCUT2D eigenvalue weighted by molar-refractivity contribution is 5.87. The minimum Gasteiger partial charge on any atom is -0.480 e. The summed E-state index contributed by atoms with van der Waals surface area (Å²) in [6.45, 7) is 1.41. The van der Waals surface area contributed by atoms with Crippen LogP contribution in [0.1, 0.15) is 44.1 Å². The fourth-order valence-electron chi connectivity index (χ4n) is 3.64. The molecule has 1 aromatic carbocycles. The first-order valence-electron chi connectivity index (χ1n) is 10.1. The lowest BCUT2D eigenvalue weighted by Crippen LogP contribution is -2.49. The van der Waals surface area contributed by atoms with Gasteiger partial charge in [0.2, 0.25) is 5.91 Å². The number of aliphatic carboxylic acids is 1. The van der Waals surface area contributed by atoms with Gasteiger partial charge < -0.3 is 26.8 Å². The molecule has 1 heterocycles. The Balaban J connectivity index is 1.59. The Bertz CT molecular complexity index is 718. The van der Waals surface area contributed by atoms with Crippen molar-refractivity contribution in [3.63, 3.8) is 0 Å². The van der Waals surface area contributed by atoms with Crippen LogP contribution >= 0.6 is 0 Å². The number of amides is 1. The molecule has 0 spiro atoms. The second-order valence-electron chi connectivity index (χ2n) is 7.55. The smallest absolute Gasteiger partial charge is 0.326 e. The molecular weight excluding hydrogens is 356 g/mol. The highest BCUT2D eigenvalue weighted by Crippen LogP contribution is 2.30. The molecule has 1 amide bonds. The molecule has 2 fully saturated rings. The molecule has 7 heteroatoms. The van der Waals surface area contributed by atoms with Gasteiger partial charge in [0.1, 0.15) is 6.04 Å². The first-order chi connectivity index (χ1) is 13.6. The molecule has 1 aromatic rings. The topological polar surface area (TPSA) is 116 Å². The molecule has 152 valence electrons. The number of hydrogen-bond acceptors (Lipinski definition) is 5. The van der Waals surface area contributed by atoms with Crippen molar-refractivity contribution < 1.29 is 14.7 Å². The van der Waals surface area contributed by atoms with Gasteiger partial charge in [-0.05, 0) is 69.3 Å². The van der Waals surface area contributed by atoms with Gasteiger partial charge in [-0.15, -0.1) is 0 Å². The van der Waals surface area contributed by atoms with Crippen molar-refractivity contribution in [2.45, 2.75) is 57.0 Å². The first-order valence-corrected chi connectivity index (χ1v) is 10.1. The minimum atomic E-state index is -1.02. The maximum Gasteiger partial charge on any atom is 0.326 e. The lowest BCUT2D eigenvalue weighted by atomic mass is 9.89. The summed E-state index contributed by atoms with van der Waals surface area (Å²) in [5.41, 5.74) is 10.2.